The summed E-state index contributed by atoms with van der Waals surface area (Å²) in [4.78, 5) is 35.7. The van der Waals surface area contributed by atoms with Gasteiger partial charge in [-0.1, -0.05) is 6.07 Å². The maximum absolute atomic E-state index is 11.7. The van der Waals surface area contributed by atoms with E-state index in [2.05, 4.69) is 10.3 Å². The molecule has 0 saturated carbocycles. The van der Waals surface area contributed by atoms with Crippen LogP contribution in [0.25, 0.3) is 0 Å². The van der Waals surface area contributed by atoms with Crippen molar-refractivity contribution in [3.63, 3.8) is 0 Å². The third kappa shape index (κ3) is 4.10. The van der Waals surface area contributed by atoms with Gasteiger partial charge in [0.2, 0.25) is 5.56 Å². The number of hydrogen-bond acceptors (Lipinski definition) is 3. The molecule has 1 amide bonds. The molecule has 92 valence electrons. The van der Waals surface area contributed by atoms with Gasteiger partial charge in [-0.3, -0.25) is 14.4 Å². The Morgan fingerprint density at radius 3 is 2.59 bits per heavy atom. The normalized spacial score (nSPS) is 10.9. The summed E-state index contributed by atoms with van der Waals surface area (Å²) in [5, 5.41) is 11.2. The highest BCUT2D eigenvalue weighted by Gasteiger charge is 2.24. The summed E-state index contributed by atoms with van der Waals surface area (Å²) in [6, 6.07) is 4.20. The quantitative estimate of drug-likeness (QED) is 0.705. The second-order valence-electron chi connectivity index (χ2n) is 4.34. The average Bonchev–Trinajstić information content (AvgIpc) is 2.14. The Balaban J connectivity index is 2.79. The highest BCUT2D eigenvalue weighted by molar-refractivity contribution is 5.92. The number of H-pyrrole nitrogens is 1. The number of carbonyl (C=O) groups excluding carboxylic acids is 1. The van der Waals surface area contributed by atoms with Crippen molar-refractivity contribution in [2.24, 2.45) is 0 Å². The lowest BCUT2D eigenvalue weighted by Crippen LogP contribution is -2.45. The molecular weight excluding hydrogens is 224 g/mol. The fourth-order valence-corrected chi connectivity index (χ4v) is 1.38. The minimum absolute atomic E-state index is 0.107. The van der Waals surface area contributed by atoms with E-state index < -0.39 is 17.4 Å². The molecule has 0 unspecified atom stereocenters. The van der Waals surface area contributed by atoms with Gasteiger partial charge >= 0.3 is 5.97 Å². The number of amides is 1. The summed E-state index contributed by atoms with van der Waals surface area (Å²) in [6.45, 7) is 3.19. The summed E-state index contributed by atoms with van der Waals surface area (Å²) >= 11 is 0. The summed E-state index contributed by atoms with van der Waals surface area (Å²) in [7, 11) is 0. The summed E-state index contributed by atoms with van der Waals surface area (Å²) in [6.07, 6.45) is -0.199. The zero-order chi connectivity index (χ0) is 13.1. The van der Waals surface area contributed by atoms with E-state index in [0.717, 1.165) is 0 Å². The first-order chi connectivity index (χ1) is 7.80. The molecule has 6 heteroatoms. The third-order valence-corrected chi connectivity index (χ3v) is 2.06. The minimum atomic E-state index is -1.00. The second kappa shape index (κ2) is 4.82. The van der Waals surface area contributed by atoms with Crippen molar-refractivity contribution in [2.45, 2.75) is 25.8 Å². The Bertz CT molecular complexity index is 490. The molecule has 0 radical (unpaired) electrons. The molecule has 1 heterocycles. The molecule has 0 fully saturated rings. The standard InChI is InChI=1S/C11H14N2O4/c1-11(2,6-9(15)16)13-10(17)7-4-3-5-8(14)12-7/h3-5H,6H2,1-2H3,(H,12,14)(H,13,17)(H,15,16). The fourth-order valence-electron chi connectivity index (χ4n) is 1.38. The largest absolute Gasteiger partial charge is 0.481 e. The topological polar surface area (TPSA) is 99.3 Å². The van der Waals surface area contributed by atoms with Crippen LogP contribution in [0.1, 0.15) is 30.8 Å². The van der Waals surface area contributed by atoms with Crippen LogP contribution in [0.2, 0.25) is 0 Å². The highest BCUT2D eigenvalue weighted by Crippen LogP contribution is 2.09. The number of aromatic amines is 1. The van der Waals surface area contributed by atoms with Crippen LogP contribution in [0.3, 0.4) is 0 Å². The van der Waals surface area contributed by atoms with Gasteiger partial charge in [0.05, 0.1) is 6.42 Å². The predicted octanol–water partition coefficient (Wildman–Crippen LogP) is 0.358. The molecule has 0 aromatic carbocycles. The van der Waals surface area contributed by atoms with Crippen LogP contribution in [0.5, 0.6) is 0 Å². The maximum Gasteiger partial charge on any atom is 0.305 e. The van der Waals surface area contributed by atoms with Crippen molar-refractivity contribution >= 4 is 11.9 Å². The Kier molecular flexibility index (Phi) is 3.67. The zero-order valence-corrected chi connectivity index (χ0v) is 9.61. The SMILES string of the molecule is CC(C)(CC(=O)O)NC(=O)c1cccc(=O)[nH]1. The highest BCUT2D eigenvalue weighted by atomic mass is 16.4. The summed E-state index contributed by atoms with van der Waals surface area (Å²) < 4.78 is 0. The third-order valence-electron chi connectivity index (χ3n) is 2.06. The first-order valence-corrected chi connectivity index (χ1v) is 5.04. The smallest absolute Gasteiger partial charge is 0.305 e. The number of carboxylic acids is 1. The molecular formula is C11H14N2O4. The predicted molar refractivity (Wildman–Crippen MR) is 60.9 cm³/mol. The lowest BCUT2D eigenvalue weighted by atomic mass is 10.0. The Hall–Kier alpha value is -2.11. The summed E-state index contributed by atoms with van der Waals surface area (Å²) in [5.41, 5.74) is -1.15. The van der Waals surface area contributed by atoms with Crippen molar-refractivity contribution in [3.8, 4) is 0 Å². The fraction of sp³-hybridized carbons (Fsp3) is 0.364. The average molecular weight is 238 g/mol. The molecule has 0 aliphatic heterocycles. The van der Waals surface area contributed by atoms with Crippen LogP contribution < -0.4 is 10.9 Å². The molecule has 0 saturated heterocycles. The van der Waals surface area contributed by atoms with Crippen LogP contribution in [-0.4, -0.2) is 27.5 Å². The van der Waals surface area contributed by atoms with E-state index in [4.69, 9.17) is 5.11 Å². The number of hydrogen-bond donors (Lipinski definition) is 3. The number of nitrogens with one attached hydrogen (secondary N) is 2. The monoisotopic (exact) mass is 238 g/mol. The van der Waals surface area contributed by atoms with Crippen LogP contribution in [0.4, 0.5) is 0 Å². The first kappa shape index (κ1) is 13.0. The van der Waals surface area contributed by atoms with Crippen LogP contribution in [0.15, 0.2) is 23.0 Å². The molecule has 1 rings (SSSR count). The van der Waals surface area contributed by atoms with Crippen LogP contribution in [-0.2, 0) is 4.79 Å². The van der Waals surface area contributed by atoms with Crippen molar-refractivity contribution in [1.82, 2.24) is 10.3 Å². The van der Waals surface area contributed by atoms with Gasteiger partial charge in [0.15, 0.2) is 0 Å². The Labute approximate surface area is 97.7 Å². The van der Waals surface area contributed by atoms with E-state index in [-0.39, 0.29) is 17.7 Å². The van der Waals surface area contributed by atoms with Gasteiger partial charge in [0, 0.05) is 11.6 Å². The van der Waals surface area contributed by atoms with Crippen molar-refractivity contribution in [2.75, 3.05) is 0 Å². The van der Waals surface area contributed by atoms with Gasteiger partial charge < -0.3 is 15.4 Å². The van der Waals surface area contributed by atoms with Gasteiger partial charge in [0.1, 0.15) is 5.69 Å². The van der Waals surface area contributed by atoms with E-state index in [0.29, 0.717) is 0 Å². The van der Waals surface area contributed by atoms with E-state index in [9.17, 15) is 14.4 Å². The number of aromatic nitrogens is 1. The molecule has 6 nitrogen and oxygen atoms in total. The lowest BCUT2D eigenvalue weighted by Gasteiger charge is -2.24. The van der Waals surface area contributed by atoms with Crippen molar-refractivity contribution < 1.29 is 14.7 Å². The maximum atomic E-state index is 11.7. The molecule has 0 spiro atoms. The molecule has 0 aliphatic rings. The molecule has 17 heavy (non-hydrogen) atoms. The van der Waals surface area contributed by atoms with E-state index in [1.165, 1.54) is 18.2 Å². The number of rotatable bonds is 4. The zero-order valence-electron chi connectivity index (χ0n) is 9.61. The number of aliphatic carboxylic acids is 1. The summed E-state index contributed by atoms with van der Waals surface area (Å²) in [5.74, 6) is -1.51. The molecule has 3 N–H and O–H groups in total. The van der Waals surface area contributed by atoms with Crippen molar-refractivity contribution in [1.29, 1.82) is 0 Å². The van der Waals surface area contributed by atoms with Crippen molar-refractivity contribution in [3.05, 3.63) is 34.2 Å². The number of pyridine rings is 1. The Morgan fingerprint density at radius 1 is 1.41 bits per heavy atom. The minimum Gasteiger partial charge on any atom is -0.481 e. The van der Waals surface area contributed by atoms with Gasteiger partial charge in [-0.15, -0.1) is 0 Å². The van der Waals surface area contributed by atoms with Crippen LogP contribution >= 0.6 is 0 Å². The molecule has 0 atom stereocenters. The van der Waals surface area contributed by atoms with E-state index >= 15 is 0 Å². The molecule has 1 aromatic heterocycles. The molecule has 0 bridgehead atoms. The van der Waals surface area contributed by atoms with Gasteiger partial charge in [-0.25, -0.2) is 0 Å². The molecule has 1 aromatic rings. The first-order valence-electron chi connectivity index (χ1n) is 5.04. The second-order valence-corrected chi connectivity index (χ2v) is 4.34. The van der Waals surface area contributed by atoms with Crippen LogP contribution in [0, 0.1) is 0 Å². The van der Waals surface area contributed by atoms with Gasteiger partial charge in [-0.05, 0) is 19.9 Å². The van der Waals surface area contributed by atoms with E-state index in [1.807, 2.05) is 0 Å². The number of carbonyl (C=O) groups is 2. The lowest BCUT2D eigenvalue weighted by molar-refractivity contribution is -0.138. The Morgan fingerprint density at radius 2 is 2.06 bits per heavy atom. The number of carboxylic acid groups (broad SMARTS) is 1. The molecule has 0 aliphatic carbocycles. The van der Waals surface area contributed by atoms with Gasteiger partial charge in [-0.2, -0.15) is 0 Å². The van der Waals surface area contributed by atoms with Gasteiger partial charge in [0.25, 0.3) is 5.91 Å². The van der Waals surface area contributed by atoms with E-state index in [1.54, 1.807) is 13.8 Å².